The van der Waals surface area contributed by atoms with Crippen molar-refractivity contribution in [1.29, 1.82) is 0 Å². The topological polar surface area (TPSA) is 71.4 Å². The quantitative estimate of drug-likeness (QED) is 0.575. The average Bonchev–Trinajstić information content (AvgIpc) is 3.20. The standard InChI is InChI=1S/C19H17N3O3/c23-22(24)18-17-16-14(13-8-4-5-9-15(13)20-16)10-11-21(17)25-19(18)12-6-2-1-3-7-12/h1-9,17-20H,10-11H2/t17-,18+,19-/m0/s1. The summed E-state index contributed by atoms with van der Waals surface area (Å²) in [6, 6.07) is 16.3. The van der Waals surface area contributed by atoms with E-state index in [1.807, 2.05) is 48.5 Å². The maximum atomic E-state index is 12.0. The van der Waals surface area contributed by atoms with Crippen LogP contribution >= 0.6 is 0 Å². The van der Waals surface area contributed by atoms with Crippen LogP contribution in [-0.2, 0) is 11.3 Å². The second-order valence-corrected chi connectivity index (χ2v) is 6.61. The number of benzene rings is 2. The summed E-state index contributed by atoms with van der Waals surface area (Å²) in [5.74, 6) is 0. The van der Waals surface area contributed by atoms with Crippen LogP contribution in [0.2, 0.25) is 0 Å². The molecule has 2 aliphatic heterocycles. The molecule has 0 saturated carbocycles. The van der Waals surface area contributed by atoms with Gasteiger partial charge in [0, 0.05) is 28.1 Å². The number of hydrogen-bond acceptors (Lipinski definition) is 4. The fraction of sp³-hybridized carbons (Fsp3) is 0.263. The minimum atomic E-state index is -0.838. The molecule has 0 amide bonds. The fourth-order valence-corrected chi connectivity index (χ4v) is 4.21. The van der Waals surface area contributed by atoms with Crippen LogP contribution < -0.4 is 0 Å². The lowest BCUT2D eigenvalue weighted by Crippen LogP contribution is -2.37. The van der Waals surface area contributed by atoms with Crippen LogP contribution in [0.5, 0.6) is 0 Å². The van der Waals surface area contributed by atoms with Crippen LogP contribution in [0.15, 0.2) is 54.6 Å². The molecular weight excluding hydrogens is 318 g/mol. The number of nitrogens with zero attached hydrogens (tertiary/aromatic N) is 2. The molecule has 6 nitrogen and oxygen atoms in total. The van der Waals surface area contributed by atoms with Gasteiger partial charge >= 0.3 is 0 Å². The van der Waals surface area contributed by atoms with E-state index in [9.17, 15) is 10.1 Å². The zero-order valence-electron chi connectivity index (χ0n) is 13.5. The molecule has 6 heteroatoms. The van der Waals surface area contributed by atoms with E-state index in [2.05, 4.69) is 11.1 Å². The summed E-state index contributed by atoms with van der Waals surface area (Å²) in [5, 5.41) is 14.9. The van der Waals surface area contributed by atoms with Crippen molar-refractivity contribution in [3.8, 4) is 0 Å². The van der Waals surface area contributed by atoms with Gasteiger partial charge in [0.1, 0.15) is 6.04 Å². The van der Waals surface area contributed by atoms with E-state index in [0.717, 1.165) is 28.6 Å². The van der Waals surface area contributed by atoms with Gasteiger partial charge in [0.05, 0.1) is 0 Å². The van der Waals surface area contributed by atoms with Gasteiger partial charge in [-0.25, -0.2) is 0 Å². The Morgan fingerprint density at radius 3 is 2.68 bits per heavy atom. The first-order chi connectivity index (χ1) is 12.2. The zero-order chi connectivity index (χ0) is 17.0. The van der Waals surface area contributed by atoms with Crippen molar-refractivity contribution in [2.24, 2.45) is 0 Å². The van der Waals surface area contributed by atoms with Crippen molar-refractivity contribution in [3.05, 3.63) is 81.5 Å². The molecule has 1 N–H and O–H groups in total. The Labute approximate surface area is 144 Å². The summed E-state index contributed by atoms with van der Waals surface area (Å²) in [4.78, 5) is 21.2. The minimum absolute atomic E-state index is 0.192. The second kappa shape index (κ2) is 5.40. The van der Waals surface area contributed by atoms with Crippen molar-refractivity contribution in [1.82, 2.24) is 10.0 Å². The highest BCUT2D eigenvalue weighted by Gasteiger charge is 2.55. The number of rotatable bonds is 2. The molecule has 0 spiro atoms. The molecule has 25 heavy (non-hydrogen) atoms. The Morgan fingerprint density at radius 2 is 1.88 bits per heavy atom. The number of fused-ring (bicyclic) bond motifs is 5. The van der Waals surface area contributed by atoms with Gasteiger partial charge in [-0.05, 0) is 23.6 Å². The molecule has 3 heterocycles. The second-order valence-electron chi connectivity index (χ2n) is 6.61. The van der Waals surface area contributed by atoms with E-state index < -0.39 is 18.2 Å². The number of hydrogen-bond donors (Lipinski definition) is 1. The first kappa shape index (κ1) is 14.6. The van der Waals surface area contributed by atoms with Gasteiger partial charge in [0.2, 0.25) is 0 Å². The van der Waals surface area contributed by atoms with Gasteiger partial charge in [-0.15, -0.1) is 0 Å². The number of nitro groups is 1. The minimum Gasteiger partial charge on any atom is -0.357 e. The van der Waals surface area contributed by atoms with E-state index in [1.165, 1.54) is 5.56 Å². The van der Waals surface area contributed by atoms with Crippen LogP contribution in [0.1, 0.15) is 29.0 Å². The Bertz CT molecular complexity index is 953. The van der Waals surface area contributed by atoms with Gasteiger partial charge in [-0.2, -0.15) is 5.06 Å². The molecule has 3 aromatic rings. The Balaban J connectivity index is 1.65. The van der Waals surface area contributed by atoms with Crippen LogP contribution in [0.25, 0.3) is 10.9 Å². The third-order valence-corrected chi connectivity index (χ3v) is 5.29. The number of aromatic amines is 1. The monoisotopic (exact) mass is 335 g/mol. The van der Waals surface area contributed by atoms with Crippen LogP contribution in [-0.4, -0.2) is 27.6 Å². The van der Waals surface area contributed by atoms with E-state index >= 15 is 0 Å². The Morgan fingerprint density at radius 1 is 1.12 bits per heavy atom. The van der Waals surface area contributed by atoms with Gasteiger partial charge in [-0.1, -0.05) is 48.5 Å². The zero-order valence-corrected chi connectivity index (χ0v) is 13.5. The molecular formula is C19H17N3O3. The van der Waals surface area contributed by atoms with Crippen molar-refractivity contribution in [3.63, 3.8) is 0 Å². The van der Waals surface area contributed by atoms with E-state index in [1.54, 1.807) is 5.06 Å². The fourth-order valence-electron chi connectivity index (χ4n) is 4.21. The van der Waals surface area contributed by atoms with Gasteiger partial charge in [0.15, 0.2) is 6.10 Å². The van der Waals surface area contributed by atoms with Gasteiger partial charge in [0.25, 0.3) is 6.04 Å². The third kappa shape index (κ3) is 2.11. The lowest BCUT2D eigenvalue weighted by molar-refractivity contribution is -0.531. The van der Waals surface area contributed by atoms with Gasteiger partial charge < -0.3 is 4.98 Å². The molecule has 5 rings (SSSR count). The molecule has 2 aromatic carbocycles. The first-order valence-electron chi connectivity index (χ1n) is 8.45. The van der Waals surface area contributed by atoms with Crippen molar-refractivity contribution in [2.45, 2.75) is 24.6 Å². The summed E-state index contributed by atoms with van der Waals surface area (Å²) in [7, 11) is 0. The molecule has 0 bridgehead atoms. The maximum Gasteiger partial charge on any atom is 0.268 e. The number of para-hydroxylation sites is 1. The summed E-state index contributed by atoms with van der Waals surface area (Å²) < 4.78 is 0. The normalized spacial score (nSPS) is 25.7. The predicted molar refractivity (Wildman–Crippen MR) is 92.5 cm³/mol. The number of H-pyrrole nitrogens is 1. The molecule has 1 fully saturated rings. The van der Waals surface area contributed by atoms with Gasteiger partial charge in [-0.3, -0.25) is 15.0 Å². The van der Waals surface area contributed by atoms with E-state index in [0.29, 0.717) is 6.54 Å². The predicted octanol–water partition coefficient (Wildman–Crippen LogP) is 3.40. The summed E-state index contributed by atoms with van der Waals surface area (Å²) in [6.45, 7) is 0.660. The number of nitrogens with one attached hydrogen (secondary N) is 1. The van der Waals surface area contributed by atoms with Crippen molar-refractivity contribution < 1.29 is 9.76 Å². The molecule has 1 saturated heterocycles. The molecule has 1 aromatic heterocycles. The highest BCUT2D eigenvalue weighted by Crippen LogP contribution is 2.47. The highest BCUT2D eigenvalue weighted by atomic mass is 16.7. The van der Waals surface area contributed by atoms with Crippen LogP contribution in [0.3, 0.4) is 0 Å². The molecule has 0 unspecified atom stereocenters. The molecule has 2 aliphatic rings. The van der Waals surface area contributed by atoms with Crippen molar-refractivity contribution in [2.75, 3.05) is 6.54 Å². The maximum absolute atomic E-state index is 12.0. The number of hydroxylamine groups is 2. The van der Waals surface area contributed by atoms with E-state index in [4.69, 9.17) is 4.84 Å². The first-order valence-corrected chi connectivity index (χ1v) is 8.45. The lowest BCUT2D eigenvalue weighted by atomic mass is 9.91. The third-order valence-electron chi connectivity index (χ3n) is 5.29. The highest BCUT2D eigenvalue weighted by molar-refractivity contribution is 5.85. The largest absolute Gasteiger partial charge is 0.357 e. The molecule has 3 atom stereocenters. The Hall–Kier alpha value is -2.70. The summed E-state index contributed by atoms with van der Waals surface area (Å²) >= 11 is 0. The Kier molecular flexibility index (Phi) is 3.16. The smallest absolute Gasteiger partial charge is 0.268 e. The molecule has 0 radical (unpaired) electrons. The van der Waals surface area contributed by atoms with Crippen molar-refractivity contribution >= 4 is 10.9 Å². The van der Waals surface area contributed by atoms with Crippen LogP contribution in [0.4, 0.5) is 0 Å². The van der Waals surface area contributed by atoms with Crippen LogP contribution in [0, 0.1) is 10.1 Å². The SMILES string of the molecule is O=[N+]([O-])[C@H]1[C@H](c2ccccc2)ON2CCc3c([nH]c4ccccc34)[C@@H]12. The summed E-state index contributed by atoms with van der Waals surface area (Å²) in [6.07, 6.45) is 0.250. The molecule has 0 aliphatic carbocycles. The lowest BCUT2D eigenvalue weighted by Gasteiger charge is -2.27. The number of aromatic nitrogens is 1. The average molecular weight is 335 g/mol. The van der Waals surface area contributed by atoms with E-state index in [-0.39, 0.29) is 4.92 Å². The molecule has 126 valence electrons. The summed E-state index contributed by atoms with van der Waals surface area (Å²) in [5.41, 5.74) is 3.98.